The summed E-state index contributed by atoms with van der Waals surface area (Å²) in [4.78, 5) is 11.8. The Morgan fingerprint density at radius 3 is 2.61 bits per heavy atom. The molecule has 0 aliphatic carbocycles. The van der Waals surface area contributed by atoms with Crippen molar-refractivity contribution in [2.45, 2.75) is 25.2 Å². The molecule has 4 rings (SSSR count). The summed E-state index contributed by atoms with van der Waals surface area (Å²) in [5.41, 5.74) is -1.44. The van der Waals surface area contributed by atoms with Gasteiger partial charge >= 0.3 is 12.1 Å². The molecule has 33 heavy (non-hydrogen) atoms. The fourth-order valence-electron chi connectivity index (χ4n) is 3.90. The van der Waals surface area contributed by atoms with Crippen molar-refractivity contribution in [3.8, 4) is 0 Å². The summed E-state index contributed by atoms with van der Waals surface area (Å²) in [6, 6.07) is 6.66. The molecule has 2 N–H and O–H groups in total. The average molecular weight is 505 g/mol. The number of nitrogens with one attached hydrogen (secondary N) is 2. The maximum atomic E-state index is 14.7. The second kappa shape index (κ2) is 8.66. The van der Waals surface area contributed by atoms with Gasteiger partial charge < -0.3 is 15.4 Å². The van der Waals surface area contributed by atoms with Gasteiger partial charge in [-0.15, -0.1) is 0 Å². The van der Waals surface area contributed by atoms with E-state index in [1.54, 1.807) is 6.92 Å². The summed E-state index contributed by atoms with van der Waals surface area (Å²) < 4.78 is 61.2. The number of benzene rings is 2. The predicted molar refractivity (Wildman–Crippen MR) is 116 cm³/mol. The molecule has 1 aliphatic heterocycles. The van der Waals surface area contributed by atoms with Crippen LogP contribution in [0.3, 0.4) is 0 Å². The van der Waals surface area contributed by atoms with Crippen LogP contribution in [0.15, 0.2) is 30.3 Å². The molecule has 3 aromatic rings. The van der Waals surface area contributed by atoms with Crippen LogP contribution < -0.4 is 10.6 Å². The number of fused-ring (bicyclic) bond motifs is 1. The molecule has 1 aromatic heterocycles. The number of anilines is 1. The Morgan fingerprint density at radius 2 is 2.00 bits per heavy atom. The van der Waals surface area contributed by atoms with Gasteiger partial charge in [-0.2, -0.15) is 18.3 Å². The van der Waals surface area contributed by atoms with E-state index >= 15 is 0 Å². The second-order valence-corrected chi connectivity index (χ2v) is 8.35. The molecule has 0 unspecified atom stereocenters. The molecular formula is C21H18Cl2F4N4O2. The quantitative estimate of drug-likeness (QED) is 0.281. The minimum atomic E-state index is -4.74. The lowest BCUT2D eigenvalue weighted by molar-refractivity contribution is -0.148. The topological polar surface area (TPSA) is 68.2 Å². The van der Waals surface area contributed by atoms with Gasteiger partial charge in [-0.3, -0.25) is 4.79 Å². The van der Waals surface area contributed by atoms with Gasteiger partial charge in [0.25, 0.3) is 0 Å². The zero-order valence-corrected chi connectivity index (χ0v) is 18.7. The Bertz CT molecular complexity index is 1230. The number of alkyl halides is 3. The lowest BCUT2D eigenvalue weighted by Crippen LogP contribution is -2.62. The highest BCUT2D eigenvalue weighted by Crippen LogP contribution is 2.41. The van der Waals surface area contributed by atoms with E-state index in [-0.39, 0.29) is 33.1 Å². The van der Waals surface area contributed by atoms with Crippen LogP contribution in [0.5, 0.6) is 0 Å². The molecule has 12 heteroatoms. The monoisotopic (exact) mass is 504 g/mol. The van der Waals surface area contributed by atoms with Crippen molar-refractivity contribution in [1.82, 2.24) is 15.1 Å². The molecule has 0 atom stereocenters. The first-order chi connectivity index (χ1) is 15.6. The number of esters is 1. The third-order valence-electron chi connectivity index (χ3n) is 5.35. The molecule has 0 radical (unpaired) electrons. The van der Waals surface area contributed by atoms with Crippen molar-refractivity contribution < 1.29 is 27.1 Å². The van der Waals surface area contributed by atoms with Crippen molar-refractivity contribution in [1.29, 1.82) is 0 Å². The van der Waals surface area contributed by atoms with E-state index < -0.39 is 35.7 Å². The second-order valence-electron chi connectivity index (χ2n) is 7.57. The molecule has 1 saturated heterocycles. The van der Waals surface area contributed by atoms with Crippen LogP contribution in [0.4, 0.5) is 23.2 Å². The number of halogens is 6. The largest absolute Gasteiger partial charge is 0.465 e. The Labute approximate surface area is 195 Å². The highest BCUT2D eigenvalue weighted by Gasteiger charge is 2.43. The minimum absolute atomic E-state index is 0.0109. The van der Waals surface area contributed by atoms with Crippen LogP contribution in [-0.4, -0.2) is 35.4 Å². The van der Waals surface area contributed by atoms with E-state index in [0.717, 1.165) is 0 Å². The standard InChI is InChI=1S/C21H18Cl2F4N4O2/c1-2-33-16(32)8-31-19(21(25,26)27)12-4-3-11(7-15(12)30-31)29-20(9-28-10-20)17-14(24)6-5-13(22)18(17)23/h3-7,28-29H,2,8-10H2,1H3. The van der Waals surface area contributed by atoms with Crippen molar-refractivity contribution >= 4 is 45.8 Å². The van der Waals surface area contributed by atoms with Gasteiger partial charge in [0.2, 0.25) is 0 Å². The molecule has 0 amide bonds. The SMILES string of the molecule is CCOC(=O)Cn1nc2cc(NC3(c4c(F)ccc(Cl)c4Cl)CNC3)ccc2c1C(F)(F)F. The van der Waals surface area contributed by atoms with Crippen LogP contribution in [0.25, 0.3) is 10.9 Å². The lowest BCUT2D eigenvalue weighted by Gasteiger charge is -2.45. The highest BCUT2D eigenvalue weighted by atomic mass is 35.5. The molecule has 176 valence electrons. The van der Waals surface area contributed by atoms with E-state index in [2.05, 4.69) is 15.7 Å². The number of carbonyl (C=O) groups excluding carboxylic acids is 1. The lowest BCUT2D eigenvalue weighted by atomic mass is 9.83. The van der Waals surface area contributed by atoms with Crippen LogP contribution in [-0.2, 0) is 27.8 Å². The molecule has 0 saturated carbocycles. The highest BCUT2D eigenvalue weighted by molar-refractivity contribution is 6.42. The summed E-state index contributed by atoms with van der Waals surface area (Å²) in [6.45, 7) is 1.53. The summed E-state index contributed by atoms with van der Waals surface area (Å²) in [5.74, 6) is -1.39. The van der Waals surface area contributed by atoms with E-state index in [0.29, 0.717) is 23.5 Å². The Morgan fingerprint density at radius 1 is 1.27 bits per heavy atom. The Balaban J connectivity index is 1.74. The Kier molecular flexibility index (Phi) is 6.19. The summed E-state index contributed by atoms with van der Waals surface area (Å²) in [5, 5.41) is 10.3. The maximum absolute atomic E-state index is 14.7. The zero-order chi connectivity index (χ0) is 24.0. The van der Waals surface area contributed by atoms with Gasteiger partial charge in [-0.1, -0.05) is 23.2 Å². The predicted octanol–water partition coefficient (Wildman–Crippen LogP) is 4.97. The first-order valence-corrected chi connectivity index (χ1v) is 10.7. The molecule has 1 fully saturated rings. The van der Waals surface area contributed by atoms with E-state index in [1.807, 2.05) is 0 Å². The van der Waals surface area contributed by atoms with Crippen LogP contribution in [0, 0.1) is 5.82 Å². The molecular weight excluding hydrogens is 487 g/mol. The number of carbonyl (C=O) groups is 1. The van der Waals surface area contributed by atoms with E-state index in [1.165, 1.54) is 30.3 Å². The third kappa shape index (κ3) is 4.34. The maximum Gasteiger partial charge on any atom is 0.433 e. The van der Waals surface area contributed by atoms with E-state index in [9.17, 15) is 22.4 Å². The van der Waals surface area contributed by atoms with Gasteiger partial charge in [0.1, 0.15) is 12.4 Å². The van der Waals surface area contributed by atoms with Crippen LogP contribution >= 0.6 is 23.2 Å². The normalized spacial score (nSPS) is 15.4. The summed E-state index contributed by atoms with van der Waals surface area (Å²) in [6.07, 6.45) is -4.74. The van der Waals surface area contributed by atoms with Gasteiger partial charge in [0.15, 0.2) is 5.69 Å². The molecule has 0 bridgehead atoms. The van der Waals surface area contributed by atoms with Gasteiger partial charge in [0.05, 0.1) is 27.7 Å². The van der Waals surface area contributed by atoms with Gasteiger partial charge in [-0.25, -0.2) is 9.07 Å². The minimum Gasteiger partial charge on any atom is -0.465 e. The van der Waals surface area contributed by atoms with Crippen molar-refractivity contribution in [3.63, 3.8) is 0 Å². The van der Waals surface area contributed by atoms with Crippen molar-refractivity contribution in [3.05, 3.63) is 57.5 Å². The number of ether oxygens (including phenoxy) is 1. The summed E-state index contributed by atoms with van der Waals surface area (Å²) in [7, 11) is 0. The first kappa shape index (κ1) is 23.6. The third-order valence-corrected chi connectivity index (χ3v) is 6.16. The first-order valence-electron chi connectivity index (χ1n) is 9.92. The molecule has 2 aromatic carbocycles. The number of hydrogen-bond donors (Lipinski definition) is 2. The smallest absolute Gasteiger partial charge is 0.433 e. The average Bonchev–Trinajstić information content (AvgIpc) is 3.06. The number of hydrogen-bond acceptors (Lipinski definition) is 5. The molecule has 6 nitrogen and oxygen atoms in total. The van der Waals surface area contributed by atoms with Crippen LogP contribution in [0.1, 0.15) is 18.2 Å². The fraction of sp³-hybridized carbons (Fsp3) is 0.333. The Hall–Kier alpha value is -2.56. The molecule has 2 heterocycles. The molecule has 0 spiro atoms. The van der Waals surface area contributed by atoms with Crippen LogP contribution in [0.2, 0.25) is 10.0 Å². The van der Waals surface area contributed by atoms with Gasteiger partial charge in [0, 0.05) is 29.7 Å². The van der Waals surface area contributed by atoms with E-state index in [4.69, 9.17) is 27.9 Å². The van der Waals surface area contributed by atoms with Crippen molar-refractivity contribution in [2.75, 3.05) is 25.0 Å². The fourth-order valence-corrected chi connectivity index (χ4v) is 4.39. The van der Waals surface area contributed by atoms with Gasteiger partial charge in [-0.05, 0) is 37.3 Å². The number of aromatic nitrogens is 2. The molecule has 1 aliphatic rings. The summed E-state index contributed by atoms with van der Waals surface area (Å²) >= 11 is 12.4. The number of nitrogens with zero attached hydrogens (tertiary/aromatic N) is 2. The number of rotatable bonds is 6. The zero-order valence-electron chi connectivity index (χ0n) is 17.2. The van der Waals surface area contributed by atoms with Crippen molar-refractivity contribution in [2.24, 2.45) is 0 Å².